The zero-order valence-electron chi connectivity index (χ0n) is 9.41. The van der Waals surface area contributed by atoms with Crippen LogP contribution in [0, 0.1) is 0 Å². The van der Waals surface area contributed by atoms with Crippen molar-refractivity contribution in [3.8, 4) is 0 Å². The number of hydrogen-bond acceptors (Lipinski definition) is 4. The number of rotatable bonds is 6. The molecule has 1 aliphatic rings. The lowest BCUT2D eigenvalue weighted by atomic mass is 9.99. The van der Waals surface area contributed by atoms with Crippen molar-refractivity contribution in [2.24, 2.45) is 0 Å². The molecular formula is C10H18N2O4. The highest BCUT2D eigenvalue weighted by Gasteiger charge is 2.43. The molecule has 1 atom stereocenters. The van der Waals surface area contributed by atoms with Crippen LogP contribution in [0.5, 0.6) is 0 Å². The van der Waals surface area contributed by atoms with E-state index >= 15 is 0 Å². The highest BCUT2D eigenvalue weighted by molar-refractivity contribution is 5.87. The number of carbonyl (C=O) groups excluding carboxylic acids is 1. The maximum atomic E-state index is 11.5. The van der Waals surface area contributed by atoms with Gasteiger partial charge in [0.25, 0.3) is 0 Å². The Morgan fingerprint density at radius 2 is 2.25 bits per heavy atom. The van der Waals surface area contributed by atoms with Crippen LogP contribution in [0.2, 0.25) is 0 Å². The minimum Gasteiger partial charge on any atom is -0.479 e. The molecule has 6 nitrogen and oxygen atoms in total. The first kappa shape index (κ1) is 12.9. The van der Waals surface area contributed by atoms with E-state index < -0.39 is 11.5 Å². The summed E-state index contributed by atoms with van der Waals surface area (Å²) in [7, 11) is 0. The number of nitrogens with one attached hydrogen (secondary N) is 2. The molecule has 0 aliphatic carbocycles. The average molecular weight is 230 g/mol. The van der Waals surface area contributed by atoms with Crippen molar-refractivity contribution in [1.29, 1.82) is 0 Å². The van der Waals surface area contributed by atoms with Crippen molar-refractivity contribution in [3.63, 3.8) is 0 Å². The fourth-order valence-corrected chi connectivity index (χ4v) is 1.59. The van der Waals surface area contributed by atoms with Gasteiger partial charge in [0.15, 0.2) is 5.54 Å². The third-order valence-electron chi connectivity index (χ3n) is 2.59. The first-order chi connectivity index (χ1) is 7.60. The fraction of sp³-hybridized carbons (Fsp3) is 0.800. The van der Waals surface area contributed by atoms with E-state index in [2.05, 4.69) is 10.6 Å². The van der Waals surface area contributed by atoms with E-state index in [-0.39, 0.29) is 18.9 Å². The van der Waals surface area contributed by atoms with Crippen molar-refractivity contribution in [2.45, 2.75) is 25.3 Å². The summed E-state index contributed by atoms with van der Waals surface area (Å²) in [5, 5.41) is 14.6. The van der Waals surface area contributed by atoms with E-state index in [1.54, 1.807) is 0 Å². The molecule has 0 aromatic rings. The molecule has 1 unspecified atom stereocenters. The van der Waals surface area contributed by atoms with Gasteiger partial charge in [0.05, 0.1) is 6.61 Å². The van der Waals surface area contributed by atoms with Crippen LogP contribution in [-0.4, -0.2) is 48.8 Å². The fourth-order valence-electron chi connectivity index (χ4n) is 1.59. The molecule has 3 N–H and O–H groups in total. The van der Waals surface area contributed by atoms with E-state index in [0.29, 0.717) is 19.6 Å². The van der Waals surface area contributed by atoms with Gasteiger partial charge in [0, 0.05) is 26.0 Å². The molecule has 0 bridgehead atoms. The second kappa shape index (κ2) is 5.81. The zero-order chi connectivity index (χ0) is 12.0. The largest absolute Gasteiger partial charge is 0.479 e. The van der Waals surface area contributed by atoms with Gasteiger partial charge in [-0.05, 0) is 6.54 Å². The molecule has 6 heteroatoms. The Kier molecular flexibility index (Phi) is 4.70. The molecule has 1 amide bonds. The molecule has 1 aliphatic heterocycles. The molecule has 1 rings (SSSR count). The van der Waals surface area contributed by atoms with Crippen LogP contribution < -0.4 is 10.6 Å². The van der Waals surface area contributed by atoms with Crippen LogP contribution in [0.15, 0.2) is 0 Å². The summed E-state index contributed by atoms with van der Waals surface area (Å²) < 4.78 is 5.04. The second-order valence-corrected chi connectivity index (χ2v) is 3.84. The molecule has 92 valence electrons. The first-order valence-electron chi connectivity index (χ1n) is 5.43. The van der Waals surface area contributed by atoms with E-state index in [4.69, 9.17) is 9.84 Å². The van der Waals surface area contributed by atoms with Gasteiger partial charge in [0.1, 0.15) is 0 Å². The van der Waals surface area contributed by atoms with E-state index in [1.807, 2.05) is 6.92 Å². The molecule has 0 radical (unpaired) electrons. The normalized spacial score (nSPS) is 24.3. The van der Waals surface area contributed by atoms with Gasteiger partial charge in [-0.25, -0.2) is 4.79 Å². The summed E-state index contributed by atoms with van der Waals surface area (Å²) in [6, 6.07) is 0. The van der Waals surface area contributed by atoms with Gasteiger partial charge < -0.3 is 20.5 Å². The lowest BCUT2D eigenvalue weighted by Gasteiger charge is -2.23. The van der Waals surface area contributed by atoms with Gasteiger partial charge in [-0.2, -0.15) is 0 Å². The topological polar surface area (TPSA) is 87.7 Å². The third kappa shape index (κ3) is 3.18. The Labute approximate surface area is 94.3 Å². The van der Waals surface area contributed by atoms with Crippen molar-refractivity contribution in [1.82, 2.24) is 10.6 Å². The van der Waals surface area contributed by atoms with Crippen LogP contribution in [-0.2, 0) is 14.3 Å². The van der Waals surface area contributed by atoms with Gasteiger partial charge in [-0.1, -0.05) is 6.92 Å². The predicted molar refractivity (Wildman–Crippen MR) is 57.1 cm³/mol. The van der Waals surface area contributed by atoms with Crippen molar-refractivity contribution in [3.05, 3.63) is 0 Å². The van der Waals surface area contributed by atoms with Crippen LogP contribution in [0.1, 0.15) is 19.8 Å². The van der Waals surface area contributed by atoms with Gasteiger partial charge >= 0.3 is 5.97 Å². The number of carboxylic acids is 1. The summed E-state index contributed by atoms with van der Waals surface area (Å²) >= 11 is 0. The standard InChI is InChI=1S/C10H18N2O4/c1-2-11-5-3-8(13)12-10(9(14)15)4-6-16-7-10/h11H,2-7H2,1H3,(H,12,13)(H,14,15). The summed E-state index contributed by atoms with van der Waals surface area (Å²) in [6.45, 7) is 3.72. The number of hydrogen-bond donors (Lipinski definition) is 3. The van der Waals surface area contributed by atoms with Gasteiger partial charge in [0.2, 0.25) is 5.91 Å². The van der Waals surface area contributed by atoms with Crippen molar-refractivity contribution < 1.29 is 19.4 Å². The number of amides is 1. The predicted octanol–water partition coefficient (Wildman–Crippen LogP) is -0.654. The summed E-state index contributed by atoms with van der Waals surface area (Å²) in [5.41, 5.74) is -1.22. The van der Waals surface area contributed by atoms with E-state index in [0.717, 1.165) is 6.54 Å². The van der Waals surface area contributed by atoms with Crippen LogP contribution in [0.25, 0.3) is 0 Å². The van der Waals surface area contributed by atoms with Crippen LogP contribution in [0.3, 0.4) is 0 Å². The minimum atomic E-state index is -1.22. The summed E-state index contributed by atoms with van der Waals surface area (Å²) in [4.78, 5) is 22.6. The first-order valence-corrected chi connectivity index (χ1v) is 5.43. The van der Waals surface area contributed by atoms with E-state index in [1.165, 1.54) is 0 Å². The Bertz CT molecular complexity index is 262. The second-order valence-electron chi connectivity index (χ2n) is 3.84. The number of aliphatic carboxylic acids is 1. The number of ether oxygens (including phenoxy) is 1. The quantitative estimate of drug-likeness (QED) is 0.528. The molecule has 0 saturated carbocycles. The highest BCUT2D eigenvalue weighted by atomic mass is 16.5. The monoisotopic (exact) mass is 230 g/mol. The van der Waals surface area contributed by atoms with Crippen LogP contribution in [0.4, 0.5) is 0 Å². The third-order valence-corrected chi connectivity index (χ3v) is 2.59. The van der Waals surface area contributed by atoms with Crippen molar-refractivity contribution in [2.75, 3.05) is 26.3 Å². The molecule has 1 fully saturated rings. The summed E-state index contributed by atoms with van der Waals surface area (Å²) in [6.07, 6.45) is 0.609. The SMILES string of the molecule is CCNCCC(=O)NC1(C(=O)O)CCOC1. The Hall–Kier alpha value is -1.14. The minimum absolute atomic E-state index is 0.0509. The summed E-state index contributed by atoms with van der Waals surface area (Å²) in [5.74, 6) is -1.28. The lowest BCUT2D eigenvalue weighted by Crippen LogP contribution is -2.55. The van der Waals surface area contributed by atoms with Gasteiger partial charge in [-0.3, -0.25) is 4.79 Å². The molecule has 0 aromatic carbocycles. The van der Waals surface area contributed by atoms with E-state index in [9.17, 15) is 9.59 Å². The van der Waals surface area contributed by atoms with Crippen molar-refractivity contribution >= 4 is 11.9 Å². The molecular weight excluding hydrogens is 212 g/mol. The Balaban J connectivity index is 2.43. The molecule has 1 saturated heterocycles. The molecule has 1 heterocycles. The lowest BCUT2D eigenvalue weighted by molar-refractivity contribution is -0.147. The number of carboxylic acid groups (broad SMARTS) is 1. The maximum Gasteiger partial charge on any atom is 0.331 e. The average Bonchev–Trinajstić information content (AvgIpc) is 2.68. The van der Waals surface area contributed by atoms with Crippen LogP contribution >= 0.6 is 0 Å². The zero-order valence-corrected chi connectivity index (χ0v) is 9.41. The Morgan fingerprint density at radius 3 is 2.75 bits per heavy atom. The Morgan fingerprint density at radius 1 is 1.50 bits per heavy atom. The van der Waals surface area contributed by atoms with Gasteiger partial charge in [-0.15, -0.1) is 0 Å². The maximum absolute atomic E-state index is 11.5. The number of carbonyl (C=O) groups is 2. The molecule has 0 aromatic heterocycles. The molecule has 0 spiro atoms. The smallest absolute Gasteiger partial charge is 0.331 e. The highest BCUT2D eigenvalue weighted by Crippen LogP contribution is 2.18. The molecule has 16 heavy (non-hydrogen) atoms.